The van der Waals surface area contributed by atoms with E-state index in [0.29, 0.717) is 34.3 Å². The molecular formula is C17H15ClN6O. The van der Waals surface area contributed by atoms with Crippen molar-refractivity contribution in [1.82, 2.24) is 20.2 Å². The minimum Gasteiger partial charge on any atom is -0.319 e. The molecule has 3 heterocycles. The van der Waals surface area contributed by atoms with Gasteiger partial charge in [0.05, 0.1) is 11.3 Å². The fourth-order valence-corrected chi connectivity index (χ4v) is 2.96. The fourth-order valence-electron chi connectivity index (χ4n) is 2.77. The van der Waals surface area contributed by atoms with Gasteiger partial charge in [0.25, 0.3) is 5.91 Å². The van der Waals surface area contributed by atoms with Gasteiger partial charge in [0.15, 0.2) is 5.82 Å². The molecule has 1 amide bonds. The lowest BCUT2D eigenvalue weighted by Crippen LogP contribution is -2.27. The van der Waals surface area contributed by atoms with Gasteiger partial charge in [-0.1, -0.05) is 23.7 Å². The van der Waals surface area contributed by atoms with E-state index in [1.807, 2.05) is 24.4 Å². The van der Waals surface area contributed by atoms with E-state index >= 15 is 0 Å². The van der Waals surface area contributed by atoms with Crippen LogP contribution in [0.3, 0.4) is 0 Å². The molecule has 8 heteroatoms. The monoisotopic (exact) mass is 354 g/mol. The Labute approximate surface area is 149 Å². The molecule has 0 bridgehead atoms. The Morgan fingerprint density at radius 3 is 3.12 bits per heavy atom. The lowest BCUT2D eigenvalue weighted by molar-refractivity contribution is -0.112. The summed E-state index contributed by atoms with van der Waals surface area (Å²) >= 11 is 6.07. The molecule has 0 saturated heterocycles. The van der Waals surface area contributed by atoms with Gasteiger partial charge in [-0.2, -0.15) is 5.10 Å². The highest BCUT2D eigenvalue weighted by Crippen LogP contribution is 2.29. The van der Waals surface area contributed by atoms with Crippen molar-refractivity contribution in [1.29, 1.82) is 0 Å². The molecule has 4 rings (SSSR count). The van der Waals surface area contributed by atoms with Crippen LogP contribution >= 0.6 is 11.6 Å². The molecular weight excluding hydrogens is 340 g/mol. The van der Waals surface area contributed by atoms with Crippen LogP contribution in [0.5, 0.6) is 0 Å². The summed E-state index contributed by atoms with van der Waals surface area (Å²) in [6.07, 6.45) is 7.05. The molecule has 2 aliphatic rings. The number of amides is 1. The number of aliphatic imine (C=N–C) groups is 1. The van der Waals surface area contributed by atoms with Gasteiger partial charge in [0.1, 0.15) is 5.69 Å². The second-order valence-corrected chi connectivity index (χ2v) is 6.09. The Bertz CT molecular complexity index is 942. The van der Waals surface area contributed by atoms with E-state index in [0.717, 1.165) is 5.56 Å². The number of hydrogen-bond acceptors (Lipinski definition) is 5. The molecule has 0 radical (unpaired) electrons. The SMILES string of the molecule is Cn1cc(NC(=O)C2=C3N=CC=CN3NC2)c(-c2cccc(Cl)c2)n1. The number of nitrogens with one attached hydrogen (secondary N) is 2. The topological polar surface area (TPSA) is 74.6 Å². The van der Waals surface area contributed by atoms with Crippen LogP contribution in [-0.2, 0) is 11.8 Å². The second kappa shape index (κ2) is 6.19. The van der Waals surface area contributed by atoms with E-state index in [-0.39, 0.29) is 5.91 Å². The number of rotatable bonds is 3. The number of benzene rings is 1. The maximum atomic E-state index is 12.7. The van der Waals surface area contributed by atoms with Crippen LogP contribution in [0.4, 0.5) is 5.69 Å². The molecule has 2 aliphatic heterocycles. The number of anilines is 1. The fraction of sp³-hybridized carbons (Fsp3) is 0.118. The summed E-state index contributed by atoms with van der Waals surface area (Å²) in [5, 5.41) is 9.73. The highest BCUT2D eigenvalue weighted by Gasteiger charge is 2.27. The smallest absolute Gasteiger partial charge is 0.256 e. The van der Waals surface area contributed by atoms with Crippen molar-refractivity contribution in [2.75, 3.05) is 11.9 Å². The summed E-state index contributed by atoms with van der Waals surface area (Å²) in [6, 6.07) is 7.37. The van der Waals surface area contributed by atoms with Crippen LogP contribution in [0.15, 0.2) is 59.1 Å². The Hall–Kier alpha value is -2.90. The molecule has 126 valence electrons. The predicted molar refractivity (Wildman–Crippen MR) is 96.8 cm³/mol. The van der Waals surface area contributed by atoms with Gasteiger partial charge in [-0.15, -0.1) is 0 Å². The van der Waals surface area contributed by atoms with Gasteiger partial charge in [0.2, 0.25) is 0 Å². The summed E-state index contributed by atoms with van der Waals surface area (Å²) in [7, 11) is 1.81. The number of nitrogens with zero attached hydrogens (tertiary/aromatic N) is 4. The lowest BCUT2D eigenvalue weighted by atomic mass is 10.1. The molecule has 1 aromatic carbocycles. The van der Waals surface area contributed by atoms with E-state index < -0.39 is 0 Å². The van der Waals surface area contributed by atoms with Crippen molar-refractivity contribution < 1.29 is 4.79 Å². The van der Waals surface area contributed by atoms with Crippen molar-refractivity contribution in [3.63, 3.8) is 0 Å². The lowest BCUT2D eigenvalue weighted by Gasteiger charge is -2.15. The number of hydrogen-bond donors (Lipinski definition) is 2. The van der Waals surface area contributed by atoms with Crippen LogP contribution < -0.4 is 10.7 Å². The molecule has 0 unspecified atom stereocenters. The quantitative estimate of drug-likeness (QED) is 0.887. The van der Waals surface area contributed by atoms with Gasteiger partial charge < -0.3 is 5.32 Å². The normalized spacial score (nSPS) is 15.7. The van der Waals surface area contributed by atoms with Crippen LogP contribution in [0.1, 0.15) is 0 Å². The predicted octanol–water partition coefficient (Wildman–Crippen LogP) is 2.31. The average Bonchev–Trinajstić information content (AvgIpc) is 3.18. The average molecular weight is 355 g/mol. The Morgan fingerprint density at radius 2 is 2.28 bits per heavy atom. The maximum absolute atomic E-state index is 12.7. The first-order valence-corrected chi connectivity index (χ1v) is 8.07. The Kier molecular flexibility index (Phi) is 3.87. The van der Waals surface area contributed by atoms with Gasteiger partial charge in [-0.05, 0) is 18.2 Å². The van der Waals surface area contributed by atoms with Crippen LogP contribution in [0.25, 0.3) is 11.3 Å². The summed E-state index contributed by atoms with van der Waals surface area (Å²) in [5.41, 5.74) is 5.79. The van der Waals surface area contributed by atoms with Crippen LogP contribution in [-0.4, -0.2) is 33.5 Å². The largest absolute Gasteiger partial charge is 0.319 e. The maximum Gasteiger partial charge on any atom is 0.256 e. The van der Waals surface area contributed by atoms with Crippen molar-refractivity contribution in [2.24, 2.45) is 12.0 Å². The highest BCUT2D eigenvalue weighted by atomic mass is 35.5. The third-order valence-corrected chi connectivity index (χ3v) is 4.13. The number of carbonyl (C=O) groups excluding carboxylic acids is 1. The van der Waals surface area contributed by atoms with Crippen LogP contribution in [0, 0.1) is 0 Å². The van der Waals surface area contributed by atoms with Gasteiger partial charge >= 0.3 is 0 Å². The number of aryl methyl sites for hydroxylation is 1. The number of allylic oxidation sites excluding steroid dienone is 1. The summed E-state index contributed by atoms with van der Waals surface area (Å²) < 4.78 is 1.66. The summed E-state index contributed by atoms with van der Waals surface area (Å²) in [6.45, 7) is 0.412. The van der Waals surface area contributed by atoms with E-state index in [9.17, 15) is 4.79 Å². The van der Waals surface area contributed by atoms with E-state index in [4.69, 9.17) is 11.6 Å². The molecule has 0 fully saturated rings. The standard InChI is InChI=1S/C17H15ClN6O/c1-23-10-14(15(22-23)11-4-2-5-12(18)8-11)21-17(25)13-9-20-24-7-3-6-19-16(13)24/h2-8,10,20H,9H2,1H3,(H,21,25). The first-order valence-electron chi connectivity index (χ1n) is 7.69. The molecule has 1 aromatic heterocycles. The van der Waals surface area contributed by atoms with Gasteiger partial charge in [0, 0.05) is 42.8 Å². The minimum absolute atomic E-state index is 0.214. The number of halogens is 1. The molecule has 0 aliphatic carbocycles. The molecule has 7 nitrogen and oxygen atoms in total. The van der Waals surface area contributed by atoms with Crippen molar-refractivity contribution in [2.45, 2.75) is 0 Å². The van der Waals surface area contributed by atoms with Crippen LogP contribution in [0.2, 0.25) is 5.02 Å². The molecule has 0 spiro atoms. The highest BCUT2D eigenvalue weighted by molar-refractivity contribution is 6.30. The molecule has 2 aromatic rings. The van der Waals surface area contributed by atoms with E-state index in [1.165, 1.54) is 0 Å². The third-order valence-electron chi connectivity index (χ3n) is 3.89. The van der Waals surface area contributed by atoms with Gasteiger partial charge in [-0.25, -0.2) is 10.4 Å². The summed E-state index contributed by atoms with van der Waals surface area (Å²) in [5.74, 6) is 0.391. The van der Waals surface area contributed by atoms with E-state index in [2.05, 4.69) is 20.8 Å². The zero-order chi connectivity index (χ0) is 17.4. The number of fused-ring (bicyclic) bond motifs is 1. The summed E-state index contributed by atoms with van der Waals surface area (Å²) in [4.78, 5) is 17.0. The number of aromatic nitrogens is 2. The number of hydrazine groups is 1. The number of carbonyl (C=O) groups is 1. The zero-order valence-corrected chi connectivity index (χ0v) is 14.2. The first-order chi connectivity index (χ1) is 12.1. The molecule has 25 heavy (non-hydrogen) atoms. The minimum atomic E-state index is -0.214. The third kappa shape index (κ3) is 2.95. The van der Waals surface area contributed by atoms with Crippen molar-refractivity contribution in [3.05, 3.63) is 59.2 Å². The van der Waals surface area contributed by atoms with Crippen molar-refractivity contribution in [3.8, 4) is 11.3 Å². The Balaban J connectivity index is 1.65. The molecule has 0 saturated carbocycles. The first kappa shape index (κ1) is 15.6. The zero-order valence-electron chi connectivity index (χ0n) is 13.4. The van der Waals surface area contributed by atoms with Crippen molar-refractivity contribution >= 4 is 29.4 Å². The Morgan fingerprint density at radius 1 is 1.40 bits per heavy atom. The second-order valence-electron chi connectivity index (χ2n) is 5.66. The molecule has 0 atom stereocenters. The van der Waals surface area contributed by atoms with E-state index in [1.54, 1.807) is 41.3 Å². The van der Waals surface area contributed by atoms with Gasteiger partial charge in [-0.3, -0.25) is 14.5 Å². The molecule has 2 N–H and O–H groups in total.